The van der Waals surface area contributed by atoms with E-state index in [4.69, 9.17) is 15.2 Å². The molecule has 166 valence electrons. The molecular weight excluding hydrogens is 360 g/mol. The molecule has 0 saturated heterocycles. The number of nitrogens with one attached hydrogen (secondary N) is 2. The number of carbonyl (C=O) groups excluding carboxylic acids is 2. The largest absolute Gasteiger partial charge is 0.444 e. The summed E-state index contributed by atoms with van der Waals surface area (Å²) in [5.74, 6) is 0. The fourth-order valence-electron chi connectivity index (χ4n) is 2.36. The number of rotatable bonds is 12. The van der Waals surface area contributed by atoms with Crippen molar-refractivity contribution in [3.63, 3.8) is 0 Å². The van der Waals surface area contributed by atoms with Crippen LogP contribution in [0.25, 0.3) is 0 Å². The van der Waals surface area contributed by atoms with E-state index in [1.54, 1.807) is 4.90 Å². The third-order valence-corrected chi connectivity index (χ3v) is 3.55. The highest BCUT2D eigenvalue weighted by atomic mass is 16.6. The first-order chi connectivity index (χ1) is 12.9. The van der Waals surface area contributed by atoms with Gasteiger partial charge in [-0.1, -0.05) is 12.8 Å². The number of amides is 2. The predicted molar refractivity (Wildman–Crippen MR) is 112 cm³/mol. The molecule has 0 unspecified atom stereocenters. The van der Waals surface area contributed by atoms with Crippen molar-refractivity contribution in [1.29, 1.82) is 0 Å². The number of ether oxygens (including phenoxy) is 2. The van der Waals surface area contributed by atoms with Crippen LogP contribution in [0.1, 0.15) is 67.2 Å². The molecule has 0 aliphatic rings. The average molecular weight is 403 g/mol. The van der Waals surface area contributed by atoms with Crippen molar-refractivity contribution in [2.75, 3.05) is 39.3 Å². The maximum Gasteiger partial charge on any atom is 0.410 e. The number of unbranched alkanes of at least 4 members (excludes halogenated alkanes) is 3. The van der Waals surface area contributed by atoms with Crippen molar-refractivity contribution in [2.24, 2.45) is 5.73 Å². The lowest BCUT2D eigenvalue weighted by molar-refractivity contribution is 0.0237. The van der Waals surface area contributed by atoms with Gasteiger partial charge < -0.3 is 30.7 Å². The second kappa shape index (κ2) is 13.6. The van der Waals surface area contributed by atoms with Crippen LogP contribution in [0.2, 0.25) is 0 Å². The quantitative estimate of drug-likeness (QED) is 0.434. The molecule has 0 aromatic heterocycles. The molecule has 28 heavy (non-hydrogen) atoms. The Balaban J connectivity index is 4.32. The van der Waals surface area contributed by atoms with Gasteiger partial charge in [0.05, 0.1) is 0 Å². The van der Waals surface area contributed by atoms with Gasteiger partial charge >= 0.3 is 12.2 Å². The highest BCUT2D eigenvalue weighted by molar-refractivity contribution is 5.69. The molecule has 0 radical (unpaired) electrons. The molecule has 0 aromatic carbocycles. The summed E-state index contributed by atoms with van der Waals surface area (Å²) in [6, 6.07) is 0. The minimum Gasteiger partial charge on any atom is -0.444 e. The second-order valence-electron chi connectivity index (χ2n) is 8.85. The number of carbonyl (C=O) groups is 2. The Morgan fingerprint density at radius 1 is 0.821 bits per heavy atom. The van der Waals surface area contributed by atoms with Gasteiger partial charge in [0.1, 0.15) is 11.2 Å². The smallest absolute Gasteiger partial charge is 0.410 e. The first kappa shape index (κ1) is 26.5. The normalized spacial score (nSPS) is 11.8. The van der Waals surface area contributed by atoms with Crippen molar-refractivity contribution in [1.82, 2.24) is 15.5 Å². The molecule has 0 saturated carbocycles. The topological polar surface area (TPSA) is 106 Å². The summed E-state index contributed by atoms with van der Waals surface area (Å²) in [4.78, 5) is 25.9. The fourth-order valence-corrected chi connectivity index (χ4v) is 2.36. The minimum absolute atomic E-state index is 0.317. The van der Waals surface area contributed by atoms with Gasteiger partial charge in [0.2, 0.25) is 0 Å². The number of nitrogens with two attached hydrogens (primary N) is 1. The summed E-state index contributed by atoms with van der Waals surface area (Å²) < 4.78 is 10.7. The van der Waals surface area contributed by atoms with Crippen LogP contribution in [-0.4, -0.2) is 67.6 Å². The number of alkyl carbamates (subject to hydrolysis) is 1. The molecule has 0 atom stereocenters. The Kier molecular flexibility index (Phi) is 12.9. The van der Waals surface area contributed by atoms with E-state index in [-0.39, 0.29) is 6.09 Å². The van der Waals surface area contributed by atoms with Gasteiger partial charge in [-0.25, -0.2) is 9.59 Å². The van der Waals surface area contributed by atoms with E-state index in [9.17, 15) is 9.59 Å². The Bertz CT molecular complexity index is 444. The number of hydrogen-bond acceptors (Lipinski definition) is 6. The van der Waals surface area contributed by atoms with E-state index in [0.29, 0.717) is 26.2 Å². The Hall–Kier alpha value is -1.54. The highest BCUT2D eigenvalue weighted by Gasteiger charge is 2.22. The van der Waals surface area contributed by atoms with Crippen LogP contribution >= 0.6 is 0 Å². The molecule has 0 spiro atoms. The van der Waals surface area contributed by atoms with E-state index < -0.39 is 17.3 Å². The molecule has 0 fully saturated rings. The lowest BCUT2D eigenvalue weighted by Crippen LogP contribution is -2.42. The van der Waals surface area contributed by atoms with Crippen LogP contribution in [0.3, 0.4) is 0 Å². The third-order valence-electron chi connectivity index (χ3n) is 3.55. The molecular formula is C20H42N4O4. The van der Waals surface area contributed by atoms with Gasteiger partial charge in [0.15, 0.2) is 0 Å². The van der Waals surface area contributed by atoms with Crippen molar-refractivity contribution < 1.29 is 19.1 Å². The summed E-state index contributed by atoms with van der Waals surface area (Å²) in [5, 5.41) is 5.96. The molecule has 2 amide bonds. The SMILES string of the molecule is CC(C)(C)OC(=O)NCCN(CCCCCCNCCN)C(=O)OC(C)(C)C. The summed E-state index contributed by atoms with van der Waals surface area (Å²) in [6.07, 6.45) is 3.26. The van der Waals surface area contributed by atoms with Crippen LogP contribution < -0.4 is 16.4 Å². The van der Waals surface area contributed by atoms with E-state index in [1.807, 2.05) is 41.5 Å². The van der Waals surface area contributed by atoms with Gasteiger partial charge in [-0.15, -0.1) is 0 Å². The van der Waals surface area contributed by atoms with Crippen LogP contribution in [0.4, 0.5) is 9.59 Å². The van der Waals surface area contributed by atoms with Crippen LogP contribution in [0.5, 0.6) is 0 Å². The summed E-state index contributed by atoms with van der Waals surface area (Å²) >= 11 is 0. The second-order valence-corrected chi connectivity index (χ2v) is 8.85. The molecule has 0 bridgehead atoms. The molecule has 8 heteroatoms. The fraction of sp³-hybridized carbons (Fsp3) is 0.900. The summed E-state index contributed by atoms with van der Waals surface area (Å²) in [7, 11) is 0. The zero-order chi connectivity index (χ0) is 21.6. The molecule has 0 heterocycles. The van der Waals surface area contributed by atoms with Gasteiger partial charge in [0.25, 0.3) is 0 Å². The first-order valence-electron chi connectivity index (χ1n) is 10.3. The van der Waals surface area contributed by atoms with Crippen molar-refractivity contribution in [2.45, 2.75) is 78.4 Å². The molecule has 0 aliphatic heterocycles. The van der Waals surface area contributed by atoms with Crippen molar-refractivity contribution in [3.05, 3.63) is 0 Å². The van der Waals surface area contributed by atoms with Crippen molar-refractivity contribution >= 4 is 12.2 Å². The highest BCUT2D eigenvalue weighted by Crippen LogP contribution is 2.11. The van der Waals surface area contributed by atoms with E-state index in [1.165, 1.54) is 0 Å². The first-order valence-corrected chi connectivity index (χ1v) is 10.3. The van der Waals surface area contributed by atoms with Gasteiger partial charge in [-0.3, -0.25) is 0 Å². The van der Waals surface area contributed by atoms with E-state index in [2.05, 4.69) is 10.6 Å². The Morgan fingerprint density at radius 3 is 2.00 bits per heavy atom. The summed E-state index contributed by atoms with van der Waals surface area (Å²) in [5.41, 5.74) is 4.34. The van der Waals surface area contributed by atoms with Crippen molar-refractivity contribution in [3.8, 4) is 0 Å². The zero-order valence-electron chi connectivity index (χ0n) is 18.7. The third kappa shape index (κ3) is 16.6. The monoisotopic (exact) mass is 402 g/mol. The van der Waals surface area contributed by atoms with Gasteiger partial charge in [0, 0.05) is 32.7 Å². The molecule has 0 rings (SSSR count). The Labute approximate surface area is 170 Å². The molecule has 0 aromatic rings. The van der Waals surface area contributed by atoms with E-state index >= 15 is 0 Å². The number of hydrogen-bond donors (Lipinski definition) is 3. The maximum atomic E-state index is 12.4. The van der Waals surface area contributed by atoms with Crippen LogP contribution in [-0.2, 0) is 9.47 Å². The lowest BCUT2D eigenvalue weighted by atomic mass is 10.2. The van der Waals surface area contributed by atoms with E-state index in [0.717, 1.165) is 38.8 Å². The molecule has 8 nitrogen and oxygen atoms in total. The average Bonchev–Trinajstić information content (AvgIpc) is 2.52. The Morgan fingerprint density at radius 2 is 1.43 bits per heavy atom. The van der Waals surface area contributed by atoms with Crippen LogP contribution in [0.15, 0.2) is 0 Å². The molecule has 4 N–H and O–H groups in total. The number of nitrogens with zero attached hydrogens (tertiary/aromatic N) is 1. The summed E-state index contributed by atoms with van der Waals surface area (Å²) in [6.45, 7) is 14.7. The molecule has 0 aliphatic carbocycles. The minimum atomic E-state index is -0.553. The standard InChI is InChI=1S/C20H42N4O4/c1-19(2,3)27-17(25)23-14-16-24(18(26)28-20(4,5)6)15-10-8-7-9-12-22-13-11-21/h22H,7-16,21H2,1-6H3,(H,23,25). The predicted octanol–water partition coefficient (Wildman–Crippen LogP) is 2.86. The maximum absolute atomic E-state index is 12.4. The van der Waals surface area contributed by atoms with Crippen LogP contribution in [0, 0.1) is 0 Å². The van der Waals surface area contributed by atoms with Gasteiger partial charge in [-0.05, 0) is 60.9 Å². The van der Waals surface area contributed by atoms with Gasteiger partial charge in [-0.2, -0.15) is 0 Å². The lowest BCUT2D eigenvalue weighted by Gasteiger charge is -2.28. The zero-order valence-corrected chi connectivity index (χ0v) is 18.7.